The van der Waals surface area contributed by atoms with Gasteiger partial charge in [0.25, 0.3) is 0 Å². The number of aromatic nitrogens is 1. The van der Waals surface area contributed by atoms with Gasteiger partial charge < -0.3 is 15.2 Å². The Morgan fingerprint density at radius 3 is 2.36 bits per heavy atom. The van der Waals surface area contributed by atoms with Crippen molar-refractivity contribution in [1.82, 2.24) is 15.2 Å². The Labute approximate surface area is 200 Å². The molecular weight excluding hydrogens is 402 g/mol. The molecule has 0 spiro atoms. The van der Waals surface area contributed by atoms with E-state index in [-0.39, 0.29) is 0 Å². The first-order valence-corrected chi connectivity index (χ1v) is 13.3. The van der Waals surface area contributed by atoms with Crippen molar-refractivity contribution < 1.29 is 0 Å². The molecule has 2 aliphatic rings. The average molecular weight is 444 g/mol. The SMILES string of the molecule is Cc1cccc(C(CCCC2CCNCC2)c2cn(CC3CCNCC3)c3ccccc23)c1. The fourth-order valence-corrected chi connectivity index (χ4v) is 6.22. The summed E-state index contributed by atoms with van der Waals surface area (Å²) in [5.41, 5.74) is 5.82. The summed E-state index contributed by atoms with van der Waals surface area (Å²) in [6, 6.07) is 18.4. The van der Waals surface area contributed by atoms with Crippen molar-refractivity contribution in [2.75, 3.05) is 26.2 Å². The molecule has 2 aliphatic heterocycles. The highest BCUT2D eigenvalue weighted by molar-refractivity contribution is 5.85. The second kappa shape index (κ2) is 10.9. The highest BCUT2D eigenvalue weighted by atomic mass is 15.0. The number of hydrogen-bond acceptors (Lipinski definition) is 2. The number of nitrogens with zero attached hydrogens (tertiary/aromatic N) is 1. The maximum atomic E-state index is 3.52. The molecule has 0 bridgehead atoms. The van der Waals surface area contributed by atoms with Gasteiger partial charge in [0.05, 0.1) is 0 Å². The monoisotopic (exact) mass is 443 g/mol. The number of rotatable bonds is 8. The topological polar surface area (TPSA) is 29.0 Å². The number of hydrogen-bond donors (Lipinski definition) is 2. The second-order valence-corrected chi connectivity index (χ2v) is 10.5. The maximum Gasteiger partial charge on any atom is 0.0483 e. The molecule has 1 aromatic heterocycles. The van der Waals surface area contributed by atoms with Gasteiger partial charge in [-0.15, -0.1) is 0 Å². The van der Waals surface area contributed by atoms with E-state index in [1.54, 1.807) is 0 Å². The molecule has 0 saturated carbocycles. The van der Waals surface area contributed by atoms with Gasteiger partial charge in [0, 0.05) is 29.6 Å². The van der Waals surface area contributed by atoms with Gasteiger partial charge in [0.1, 0.15) is 0 Å². The highest BCUT2D eigenvalue weighted by Crippen LogP contribution is 2.37. The maximum absolute atomic E-state index is 3.52. The molecule has 3 nitrogen and oxygen atoms in total. The van der Waals surface area contributed by atoms with Gasteiger partial charge in [-0.3, -0.25) is 0 Å². The lowest BCUT2D eigenvalue weighted by Crippen LogP contribution is -2.29. The number of benzene rings is 2. The molecule has 0 radical (unpaired) electrons. The van der Waals surface area contributed by atoms with Crippen LogP contribution in [0.4, 0.5) is 0 Å². The molecule has 2 N–H and O–H groups in total. The first-order chi connectivity index (χ1) is 16.3. The molecule has 1 unspecified atom stereocenters. The molecule has 3 heteroatoms. The minimum Gasteiger partial charge on any atom is -0.347 e. The highest BCUT2D eigenvalue weighted by Gasteiger charge is 2.22. The molecule has 176 valence electrons. The van der Waals surface area contributed by atoms with Crippen molar-refractivity contribution >= 4 is 10.9 Å². The van der Waals surface area contributed by atoms with Crippen LogP contribution < -0.4 is 10.6 Å². The number of aryl methyl sites for hydroxylation is 1. The first kappa shape index (κ1) is 22.7. The fraction of sp³-hybridized carbons (Fsp3) is 0.533. The second-order valence-electron chi connectivity index (χ2n) is 10.5. The molecule has 3 aromatic rings. The van der Waals surface area contributed by atoms with Crippen LogP contribution in [0, 0.1) is 18.8 Å². The van der Waals surface area contributed by atoms with Crippen LogP contribution in [0.25, 0.3) is 10.9 Å². The summed E-state index contributed by atoms with van der Waals surface area (Å²) in [6.07, 6.45) is 11.7. The molecule has 3 heterocycles. The summed E-state index contributed by atoms with van der Waals surface area (Å²) >= 11 is 0. The van der Waals surface area contributed by atoms with E-state index in [2.05, 4.69) is 76.9 Å². The van der Waals surface area contributed by atoms with Gasteiger partial charge in [-0.05, 0) is 94.2 Å². The summed E-state index contributed by atoms with van der Waals surface area (Å²) in [5.74, 6) is 2.17. The summed E-state index contributed by atoms with van der Waals surface area (Å²) in [5, 5.41) is 8.50. The molecule has 2 aromatic carbocycles. The van der Waals surface area contributed by atoms with Gasteiger partial charge >= 0.3 is 0 Å². The van der Waals surface area contributed by atoms with E-state index in [9.17, 15) is 0 Å². The number of piperidine rings is 2. The lowest BCUT2D eigenvalue weighted by molar-refractivity contribution is 0.336. The van der Waals surface area contributed by atoms with Crippen molar-refractivity contribution in [2.45, 2.75) is 64.3 Å². The lowest BCUT2D eigenvalue weighted by Gasteiger charge is -2.24. The van der Waals surface area contributed by atoms with Gasteiger partial charge in [-0.2, -0.15) is 0 Å². The van der Waals surface area contributed by atoms with Crippen LogP contribution in [0.3, 0.4) is 0 Å². The van der Waals surface area contributed by atoms with E-state index in [0.717, 1.165) is 18.4 Å². The number of fused-ring (bicyclic) bond motifs is 1. The van der Waals surface area contributed by atoms with Gasteiger partial charge in [0.2, 0.25) is 0 Å². The number of nitrogens with one attached hydrogen (secondary N) is 2. The van der Waals surface area contributed by atoms with E-state index in [1.165, 1.54) is 98.7 Å². The molecular formula is C30H41N3. The van der Waals surface area contributed by atoms with Crippen molar-refractivity contribution in [3.05, 3.63) is 71.4 Å². The van der Waals surface area contributed by atoms with E-state index >= 15 is 0 Å². The zero-order valence-corrected chi connectivity index (χ0v) is 20.4. The molecule has 33 heavy (non-hydrogen) atoms. The van der Waals surface area contributed by atoms with E-state index < -0.39 is 0 Å². The van der Waals surface area contributed by atoms with Crippen LogP contribution in [0.2, 0.25) is 0 Å². The quantitative estimate of drug-likeness (QED) is 0.431. The Morgan fingerprint density at radius 2 is 1.61 bits per heavy atom. The van der Waals surface area contributed by atoms with Crippen LogP contribution in [0.15, 0.2) is 54.7 Å². The van der Waals surface area contributed by atoms with Crippen LogP contribution in [0.5, 0.6) is 0 Å². The van der Waals surface area contributed by atoms with E-state index in [4.69, 9.17) is 0 Å². The van der Waals surface area contributed by atoms with E-state index in [1.807, 2.05) is 0 Å². The van der Waals surface area contributed by atoms with Crippen molar-refractivity contribution in [3.8, 4) is 0 Å². The standard InChI is InChI=1S/C30H41N3/c1-23-6-4-8-26(20-23)27(10-5-7-24-12-16-31-17-13-24)29-22-33(21-25-14-18-32-19-15-25)30-11-3-2-9-28(29)30/h2-4,6,8-9,11,20,22,24-25,27,31-32H,5,7,10,12-19,21H2,1H3. The zero-order chi connectivity index (χ0) is 22.5. The predicted octanol–water partition coefficient (Wildman–Crippen LogP) is 6.25. The summed E-state index contributed by atoms with van der Waals surface area (Å²) in [4.78, 5) is 0. The van der Waals surface area contributed by atoms with Crippen molar-refractivity contribution in [3.63, 3.8) is 0 Å². The normalized spacial score (nSPS) is 19.2. The van der Waals surface area contributed by atoms with Crippen LogP contribution in [0.1, 0.15) is 67.6 Å². The Balaban J connectivity index is 1.43. The average Bonchev–Trinajstić information content (AvgIpc) is 3.21. The molecule has 0 aliphatic carbocycles. The van der Waals surface area contributed by atoms with Gasteiger partial charge in [-0.25, -0.2) is 0 Å². The minimum atomic E-state index is 0.478. The van der Waals surface area contributed by atoms with Crippen molar-refractivity contribution in [2.24, 2.45) is 11.8 Å². The van der Waals surface area contributed by atoms with Crippen molar-refractivity contribution in [1.29, 1.82) is 0 Å². The fourth-order valence-electron chi connectivity index (χ4n) is 6.22. The van der Waals surface area contributed by atoms with Crippen LogP contribution in [-0.4, -0.2) is 30.7 Å². The predicted molar refractivity (Wildman–Crippen MR) is 140 cm³/mol. The Kier molecular flexibility index (Phi) is 7.48. The smallest absolute Gasteiger partial charge is 0.0483 e. The third-order valence-corrected chi connectivity index (χ3v) is 8.12. The third kappa shape index (κ3) is 5.53. The summed E-state index contributed by atoms with van der Waals surface area (Å²) < 4.78 is 2.58. The lowest BCUT2D eigenvalue weighted by atomic mass is 9.84. The zero-order valence-electron chi connectivity index (χ0n) is 20.4. The Morgan fingerprint density at radius 1 is 0.879 bits per heavy atom. The first-order valence-electron chi connectivity index (χ1n) is 13.3. The third-order valence-electron chi connectivity index (χ3n) is 8.12. The minimum absolute atomic E-state index is 0.478. The number of para-hydroxylation sites is 1. The molecule has 2 saturated heterocycles. The molecule has 1 atom stereocenters. The largest absolute Gasteiger partial charge is 0.347 e. The Bertz CT molecular complexity index is 1020. The Hall–Kier alpha value is -2.10. The van der Waals surface area contributed by atoms with Crippen LogP contribution >= 0.6 is 0 Å². The molecule has 2 fully saturated rings. The molecule has 0 amide bonds. The molecule has 5 rings (SSSR count). The summed E-state index contributed by atoms with van der Waals surface area (Å²) in [6.45, 7) is 8.12. The van der Waals surface area contributed by atoms with Crippen LogP contribution in [-0.2, 0) is 6.54 Å². The van der Waals surface area contributed by atoms with Gasteiger partial charge in [-0.1, -0.05) is 60.9 Å². The summed E-state index contributed by atoms with van der Waals surface area (Å²) in [7, 11) is 0. The van der Waals surface area contributed by atoms with Gasteiger partial charge in [0.15, 0.2) is 0 Å². The van der Waals surface area contributed by atoms with E-state index in [0.29, 0.717) is 5.92 Å².